The molecule has 2 aromatic rings. The van der Waals surface area contributed by atoms with Crippen molar-refractivity contribution in [2.75, 3.05) is 18.5 Å². The van der Waals surface area contributed by atoms with E-state index in [4.69, 9.17) is 16.3 Å². The van der Waals surface area contributed by atoms with Gasteiger partial charge in [-0.2, -0.15) is 0 Å². The second kappa shape index (κ2) is 7.93. The molecule has 2 heterocycles. The zero-order valence-electron chi connectivity index (χ0n) is 13.9. The number of fused-ring (bicyclic) bond motifs is 1. The molecule has 0 saturated heterocycles. The first-order chi connectivity index (χ1) is 10.9. The lowest BCUT2D eigenvalue weighted by atomic mass is 10.1. The molecule has 1 N–H and O–H groups in total. The van der Waals surface area contributed by atoms with Gasteiger partial charge in [0.25, 0.3) is 0 Å². The van der Waals surface area contributed by atoms with Crippen LogP contribution in [0.25, 0.3) is 10.2 Å². The number of carbonyl (C=O) groups is 1. The lowest BCUT2D eigenvalue weighted by Gasteiger charge is -2.09. The van der Waals surface area contributed by atoms with Gasteiger partial charge >= 0.3 is 5.97 Å². The van der Waals surface area contributed by atoms with Gasteiger partial charge in [-0.3, -0.25) is 0 Å². The average Bonchev–Trinajstić information content (AvgIpc) is 2.81. The summed E-state index contributed by atoms with van der Waals surface area (Å²) in [5.41, 5.74) is 0.842. The van der Waals surface area contributed by atoms with Gasteiger partial charge in [0.15, 0.2) is 0 Å². The molecule has 23 heavy (non-hydrogen) atoms. The Balaban J connectivity index is 2.36. The van der Waals surface area contributed by atoms with E-state index in [0.29, 0.717) is 28.1 Å². The van der Waals surface area contributed by atoms with Gasteiger partial charge in [-0.05, 0) is 42.8 Å². The monoisotopic (exact) mass is 355 g/mol. The van der Waals surface area contributed by atoms with Gasteiger partial charge in [0.1, 0.15) is 15.5 Å². The topological polar surface area (TPSA) is 64.1 Å². The Morgan fingerprint density at radius 3 is 2.78 bits per heavy atom. The number of nitrogens with one attached hydrogen (secondary N) is 1. The van der Waals surface area contributed by atoms with Crippen LogP contribution in [0.3, 0.4) is 0 Å². The number of nitrogens with zero attached hydrogens (tertiary/aromatic N) is 2. The molecule has 0 aliphatic heterocycles. The third-order valence-electron chi connectivity index (χ3n) is 3.40. The van der Waals surface area contributed by atoms with E-state index in [2.05, 4.69) is 29.1 Å². The van der Waals surface area contributed by atoms with Crippen molar-refractivity contribution in [2.45, 2.75) is 40.5 Å². The second-order valence-corrected chi connectivity index (χ2v) is 7.16. The van der Waals surface area contributed by atoms with Crippen molar-refractivity contribution in [3.8, 4) is 0 Å². The third kappa shape index (κ3) is 4.32. The first-order valence-electron chi connectivity index (χ1n) is 7.81. The van der Waals surface area contributed by atoms with Crippen LogP contribution in [0.1, 0.15) is 48.8 Å². The molecule has 0 aliphatic carbocycles. The highest BCUT2D eigenvalue weighted by Gasteiger charge is 2.21. The number of hydrogen-bond acceptors (Lipinski definition) is 6. The summed E-state index contributed by atoms with van der Waals surface area (Å²) in [4.78, 5) is 22.0. The first kappa shape index (κ1) is 17.9. The van der Waals surface area contributed by atoms with Gasteiger partial charge in [0.2, 0.25) is 5.28 Å². The number of anilines is 1. The molecule has 7 heteroatoms. The van der Waals surface area contributed by atoms with Crippen LogP contribution in [-0.2, 0) is 4.74 Å². The van der Waals surface area contributed by atoms with Crippen LogP contribution >= 0.6 is 22.9 Å². The molecule has 0 aromatic carbocycles. The Kier molecular flexibility index (Phi) is 6.18. The standard InChI is InChI=1S/C16H22ClN3O2S/c1-5-8-22-15(21)12-10(4)11-13(18-7-6-9(2)3)19-16(17)20-14(11)23-12/h9H,5-8H2,1-4H3,(H,18,19,20). The van der Waals surface area contributed by atoms with Gasteiger partial charge in [0, 0.05) is 6.54 Å². The minimum Gasteiger partial charge on any atom is -0.462 e. The molecule has 5 nitrogen and oxygen atoms in total. The van der Waals surface area contributed by atoms with Crippen LogP contribution in [0.4, 0.5) is 5.82 Å². The Bertz CT molecular complexity index is 700. The van der Waals surface area contributed by atoms with E-state index >= 15 is 0 Å². The number of esters is 1. The maximum absolute atomic E-state index is 12.2. The smallest absolute Gasteiger partial charge is 0.348 e. The minimum absolute atomic E-state index is 0.180. The maximum atomic E-state index is 12.2. The normalized spacial score (nSPS) is 11.2. The zero-order valence-corrected chi connectivity index (χ0v) is 15.5. The van der Waals surface area contributed by atoms with Gasteiger partial charge in [-0.15, -0.1) is 11.3 Å². The highest BCUT2D eigenvalue weighted by molar-refractivity contribution is 7.20. The highest BCUT2D eigenvalue weighted by Crippen LogP contribution is 2.35. The van der Waals surface area contributed by atoms with E-state index in [9.17, 15) is 4.79 Å². The van der Waals surface area contributed by atoms with Crippen LogP contribution in [-0.4, -0.2) is 29.1 Å². The number of rotatable bonds is 7. The molecular formula is C16H22ClN3O2S. The highest BCUT2D eigenvalue weighted by atomic mass is 35.5. The van der Waals surface area contributed by atoms with Crippen molar-refractivity contribution in [3.05, 3.63) is 15.7 Å². The third-order valence-corrected chi connectivity index (χ3v) is 4.73. The maximum Gasteiger partial charge on any atom is 0.348 e. The van der Waals surface area contributed by atoms with E-state index < -0.39 is 0 Å². The van der Waals surface area contributed by atoms with E-state index in [1.165, 1.54) is 11.3 Å². The van der Waals surface area contributed by atoms with Crippen molar-refractivity contribution >= 4 is 44.9 Å². The molecule has 0 saturated carbocycles. The predicted molar refractivity (Wildman–Crippen MR) is 95.7 cm³/mol. The summed E-state index contributed by atoms with van der Waals surface area (Å²) < 4.78 is 5.24. The molecule has 126 valence electrons. The summed E-state index contributed by atoms with van der Waals surface area (Å²) in [5, 5.41) is 4.35. The minimum atomic E-state index is -0.309. The molecule has 0 amide bonds. The van der Waals surface area contributed by atoms with Crippen molar-refractivity contribution in [1.29, 1.82) is 0 Å². The van der Waals surface area contributed by atoms with Gasteiger partial charge < -0.3 is 10.1 Å². The SMILES string of the molecule is CCCOC(=O)c1sc2nc(Cl)nc(NCCC(C)C)c2c1C. The van der Waals surface area contributed by atoms with Crippen molar-refractivity contribution in [2.24, 2.45) is 5.92 Å². The number of hydrogen-bond donors (Lipinski definition) is 1. The lowest BCUT2D eigenvalue weighted by molar-refractivity contribution is 0.0510. The van der Waals surface area contributed by atoms with E-state index in [0.717, 1.165) is 30.3 Å². The first-order valence-corrected chi connectivity index (χ1v) is 9.01. The van der Waals surface area contributed by atoms with Crippen molar-refractivity contribution < 1.29 is 9.53 Å². The molecule has 0 aliphatic rings. The molecule has 0 bridgehead atoms. The Morgan fingerprint density at radius 2 is 2.13 bits per heavy atom. The summed E-state index contributed by atoms with van der Waals surface area (Å²) in [6.45, 7) is 9.41. The Hall–Kier alpha value is -1.40. The summed E-state index contributed by atoms with van der Waals surface area (Å²) >= 11 is 7.32. The molecule has 0 fully saturated rings. The summed E-state index contributed by atoms with van der Waals surface area (Å²) in [6, 6.07) is 0. The van der Waals surface area contributed by atoms with Crippen molar-refractivity contribution in [3.63, 3.8) is 0 Å². The number of aryl methyl sites for hydroxylation is 1. The molecule has 2 rings (SSSR count). The van der Waals surface area contributed by atoms with Gasteiger partial charge in [0.05, 0.1) is 12.0 Å². The lowest BCUT2D eigenvalue weighted by Crippen LogP contribution is -2.08. The molecule has 2 aromatic heterocycles. The fraction of sp³-hybridized carbons (Fsp3) is 0.562. The molecule has 0 spiro atoms. The Labute approximate surface area is 145 Å². The number of ether oxygens (including phenoxy) is 1. The summed E-state index contributed by atoms with van der Waals surface area (Å²) in [7, 11) is 0. The summed E-state index contributed by atoms with van der Waals surface area (Å²) in [5.74, 6) is 0.971. The van der Waals surface area contributed by atoms with Crippen LogP contribution in [0.15, 0.2) is 0 Å². The van der Waals surface area contributed by atoms with Gasteiger partial charge in [-0.1, -0.05) is 20.8 Å². The summed E-state index contributed by atoms with van der Waals surface area (Å²) in [6.07, 6.45) is 1.82. The largest absolute Gasteiger partial charge is 0.462 e. The molecule has 0 radical (unpaired) electrons. The number of carbonyl (C=O) groups excluding carboxylic acids is 1. The van der Waals surface area contributed by atoms with E-state index in [1.807, 2.05) is 13.8 Å². The molecule has 0 atom stereocenters. The van der Waals surface area contributed by atoms with E-state index in [1.54, 1.807) is 0 Å². The quantitative estimate of drug-likeness (QED) is 0.577. The fourth-order valence-electron chi connectivity index (χ4n) is 2.17. The van der Waals surface area contributed by atoms with Crippen LogP contribution in [0.2, 0.25) is 5.28 Å². The predicted octanol–water partition coefficient (Wildman–Crippen LogP) is 4.68. The number of aromatic nitrogens is 2. The van der Waals surface area contributed by atoms with Crippen LogP contribution in [0.5, 0.6) is 0 Å². The number of halogens is 1. The van der Waals surface area contributed by atoms with Gasteiger partial charge in [-0.25, -0.2) is 14.8 Å². The molecular weight excluding hydrogens is 334 g/mol. The van der Waals surface area contributed by atoms with Crippen LogP contribution in [0, 0.1) is 12.8 Å². The van der Waals surface area contributed by atoms with Crippen LogP contribution < -0.4 is 5.32 Å². The fourth-order valence-corrected chi connectivity index (χ4v) is 3.47. The van der Waals surface area contributed by atoms with E-state index in [-0.39, 0.29) is 11.3 Å². The Morgan fingerprint density at radius 1 is 1.39 bits per heavy atom. The zero-order chi connectivity index (χ0) is 17.0. The van der Waals surface area contributed by atoms with Crippen molar-refractivity contribution in [1.82, 2.24) is 9.97 Å². The average molecular weight is 356 g/mol. The molecule has 0 unspecified atom stereocenters. The second-order valence-electron chi connectivity index (χ2n) is 5.82. The number of thiophene rings is 1.